The van der Waals surface area contributed by atoms with Gasteiger partial charge in [-0.05, 0) is 73.7 Å². The SMILES string of the molecule is C=CC(C)(O)CC[C@H]1CCC(C)(C)C2C[C@H](O)C(=C)C[C@]21C. The summed E-state index contributed by atoms with van der Waals surface area (Å²) < 4.78 is 0. The fourth-order valence-electron chi connectivity index (χ4n) is 5.12. The van der Waals surface area contributed by atoms with Crippen LogP contribution in [0.25, 0.3) is 0 Å². The summed E-state index contributed by atoms with van der Waals surface area (Å²) in [5.74, 6) is 1.11. The Morgan fingerprint density at radius 2 is 2.00 bits per heavy atom. The number of hydrogen-bond acceptors (Lipinski definition) is 2. The first kappa shape index (κ1) is 17.7. The maximum Gasteiger partial charge on any atom is 0.0797 e. The summed E-state index contributed by atoms with van der Waals surface area (Å²) in [5.41, 5.74) is 0.685. The zero-order valence-corrected chi connectivity index (χ0v) is 14.9. The molecule has 0 aromatic heterocycles. The molecule has 126 valence electrons. The molecule has 22 heavy (non-hydrogen) atoms. The van der Waals surface area contributed by atoms with Crippen molar-refractivity contribution in [1.82, 2.24) is 0 Å². The molecule has 2 aliphatic carbocycles. The van der Waals surface area contributed by atoms with Crippen molar-refractivity contribution in [2.24, 2.45) is 22.7 Å². The van der Waals surface area contributed by atoms with Crippen LogP contribution in [0.4, 0.5) is 0 Å². The van der Waals surface area contributed by atoms with Gasteiger partial charge in [-0.2, -0.15) is 0 Å². The maximum atomic E-state index is 10.3. The van der Waals surface area contributed by atoms with Crippen molar-refractivity contribution in [1.29, 1.82) is 0 Å². The third-order valence-electron chi connectivity index (χ3n) is 6.79. The lowest BCUT2D eigenvalue weighted by atomic mass is 9.46. The van der Waals surface area contributed by atoms with E-state index >= 15 is 0 Å². The van der Waals surface area contributed by atoms with Crippen molar-refractivity contribution in [3.8, 4) is 0 Å². The average molecular weight is 306 g/mol. The van der Waals surface area contributed by atoms with Crippen LogP contribution in [0.1, 0.15) is 66.2 Å². The summed E-state index contributed by atoms with van der Waals surface area (Å²) in [4.78, 5) is 0. The van der Waals surface area contributed by atoms with Crippen LogP contribution in [0.5, 0.6) is 0 Å². The highest BCUT2D eigenvalue weighted by molar-refractivity contribution is 5.16. The van der Waals surface area contributed by atoms with E-state index in [1.165, 1.54) is 12.8 Å². The molecule has 0 bridgehead atoms. The smallest absolute Gasteiger partial charge is 0.0797 e. The molecule has 5 atom stereocenters. The first-order valence-electron chi connectivity index (χ1n) is 8.73. The second-order valence-corrected chi connectivity index (χ2v) is 8.97. The zero-order chi connectivity index (χ0) is 16.8. The van der Waals surface area contributed by atoms with Gasteiger partial charge in [0.15, 0.2) is 0 Å². The van der Waals surface area contributed by atoms with E-state index in [1.807, 2.05) is 6.92 Å². The van der Waals surface area contributed by atoms with Gasteiger partial charge in [-0.15, -0.1) is 6.58 Å². The number of aliphatic hydroxyl groups excluding tert-OH is 1. The summed E-state index contributed by atoms with van der Waals surface area (Å²) in [6.07, 6.45) is 7.27. The Morgan fingerprint density at radius 1 is 1.36 bits per heavy atom. The fourth-order valence-corrected chi connectivity index (χ4v) is 5.12. The van der Waals surface area contributed by atoms with Crippen molar-refractivity contribution in [3.63, 3.8) is 0 Å². The molecule has 2 fully saturated rings. The van der Waals surface area contributed by atoms with E-state index in [0.29, 0.717) is 11.8 Å². The quantitative estimate of drug-likeness (QED) is 0.752. The van der Waals surface area contributed by atoms with Gasteiger partial charge in [-0.3, -0.25) is 0 Å². The summed E-state index contributed by atoms with van der Waals surface area (Å²) >= 11 is 0. The molecule has 2 heteroatoms. The molecule has 2 unspecified atom stereocenters. The molecular formula is C20H34O2. The van der Waals surface area contributed by atoms with Crippen LogP contribution in [0.15, 0.2) is 24.8 Å². The Kier molecular flexibility index (Phi) is 4.68. The predicted molar refractivity (Wildman–Crippen MR) is 92.5 cm³/mol. The Labute approximate surface area is 136 Å². The van der Waals surface area contributed by atoms with Crippen LogP contribution in [-0.2, 0) is 0 Å². The Morgan fingerprint density at radius 3 is 2.59 bits per heavy atom. The molecule has 0 aromatic rings. The number of rotatable bonds is 4. The van der Waals surface area contributed by atoms with Crippen LogP contribution in [-0.4, -0.2) is 21.9 Å². The van der Waals surface area contributed by atoms with E-state index in [1.54, 1.807) is 6.08 Å². The molecule has 2 nitrogen and oxygen atoms in total. The largest absolute Gasteiger partial charge is 0.389 e. The third-order valence-corrected chi connectivity index (χ3v) is 6.79. The highest BCUT2D eigenvalue weighted by Gasteiger charge is 2.54. The highest BCUT2D eigenvalue weighted by atomic mass is 16.3. The molecule has 0 aromatic carbocycles. The highest BCUT2D eigenvalue weighted by Crippen LogP contribution is 2.61. The minimum Gasteiger partial charge on any atom is -0.389 e. The van der Waals surface area contributed by atoms with E-state index in [4.69, 9.17) is 0 Å². The molecule has 2 rings (SSSR count). The van der Waals surface area contributed by atoms with Gasteiger partial charge in [0.1, 0.15) is 0 Å². The molecular weight excluding hydrogens is 272 g/mol. The van der Waals surface area contributed by atoms with Crippen molar-refractivity contribution in [2.75, 3.05) is 0 Å². The summed E-state index contributed by atoms with van der Waals surface area (Å²) in [6.45, 7) is 16.8. The van der Waals surface area contributed by atoms with E-state index in [-0.39, 0.29) is 16.9 Å². The van der Waals surface area contributed by atoms with E-state index < -0.39 is 5.60 Å². The molecule has 0 radical (unpaired) electrons. The standard InChI is InChI=1S/C20H34O2/c1-7-19(5,22)11-9-15-8-10-18(3,4)17-12-16(21)14(2)13-20(15,17)6/h7,15-17,21-22H,1-2,8-13H2,3-6H3/t15-,16+,17?,19?,20+/m1/s1. The Balaban J connectivity index is 2.22. The molecule has 2 aliphatic rings. The van der Waals surface area contributed by atoms with Crippen molar-refractivity contribution in [2.45, 2.75) is 77.9 Å². The van der Waals surface area contributed by atoms with Crippen molar-refractivity contribution < 1.29 is 10.2 Å². The predicted octanol–water partition coefficient (Wildman–Crippen LogP) is 4.47. The summed E-state index contributed by atoms with van der Waals surface area (Å²) in [5, 5.41) is 20.5. The van der Waals surface area contributed by atoms with Crippen LogP contribution in [0.3, 0.4) is 0 Å². The number of fused-ring (bicyclic) bond motifs is 1. The van der Waals surface area contributed by atoms with Gasteiger partial charge in [0.25, 0.3) is 0 Å². The maximum absolute atomic E-state index is 10.3. The first-order chi connectivity index (χ1) is 10.0. The molecule has 0 heterocycles. The molecule has 2 N–H and O–H groups in total. The van der Waals surface area contributed by atoms with E-state index in [9.17, 15) is 10.2 Å². The molecule has 0 aliphatic heterocycles. The Hall–Kier alpha value is -0.600. The third kappa shape index (κ3) is 3.19. The lowest BCUT2D eigenvalue weighted by Crippen LogP contribution is -2.52. The van der Waals surface area contributed by atoms with Gasteiger partial charge >= 0.3 is 0 Å². The van der Waals surface area contributed by atoms with Crippen molar-refractivity contribution in [3.05, 3.63) is 24.8 Å². The minimum atomic E-state index is -0.774. The topological polar surface area (TPSA) is 40.5 Å². The van der Waals surface area contributed by atoms with E-state index in [0.717, 1.165) is 31.3 Å². The number of hydrogen-bond donors (Lipinski definition) is 2. The van der Waals surface area contributed by atoms with E-state index in [2.05, 4.69) is 33.9 Å². The number of aliphatic hydroxyl groups is 2. The zero-order valence-electron chi connectivity index (χ0n) is 14.9. The molecule has 0 spiro atoms. The lowest BCUT2D eigenvalue weighted by molar-refractivity contribution is -0.0932. The van der Waals surface area contributed by atoms with Gasteiger partial charge in [0.05, 0.1) is 11.7 Å². The van der Waals surface area contributed by atoms with Gasteiger partial charge in [-0.25, -0.2) is 0 Å². The summed E-state index contributed by atoms with van der Waals surface area (Å²) in [7, 11) is 0. The molecule has 2 saturated carbocycles. The van der Waals surface area contributed by atoms with Crippen LogP contribution in [0, 0.1) is 22.7 Å². The van der Waals surface area contributed by atoms with Gasteiger partial charge in [-0.1, -0.05) is 33.4 Å². The molecule has 0 saturated heterocycles. The van der Waals surface area contributed by atoms with Gasteiger partial charge in [0, 0.05) is 0 Å². The monoisotopic (exact) mass is 306 g/mol. The van der Waals surface area contributed by atoms with Crippen LogP contribution >= 0.6 is 0 Å². The van der Waals surface area contributed by atoms with Gasteiger partial charge in [0.2, 0.25) is 0 Å². The normalized spacial score (nSPS) is 40.6. The van der Waals surface area contributed by atoms with Crippen LogP contribution < -0.4 is 0 Å². The van der Waals surface area contributed by atoms with Crippen LogP contribution in [0.2, 0.25) is 0 Å². The van der Waals surface area contributed by atoms with Crippen molar-refractivity contribution >= 4 is 0 Å². The Bertz CT molecular complexity index is 449. The average Bonchev–Trinajstić information content (AvgIpc) is 2.41. The fraction of sp³-hybridized carbons (Fsp3) is 0.800. The molecule has 0 amide bonds. The minimum absolute atomic E-state index is 0.190. The second-order valence-electron chi connectivity index (χ2n) is 8.97. The summed E-state index contributed by atoms with van der Waals surface area (Å²) in [6, 6.07) is 0. The second kappa shape index (κ2) is 5.79. The van der Waals surface area contributed by atoms with Gasteiger partial charge < -0.3 is 10.2 Å². The first-order valence-corrected chi connectivity index (χ1v) is 8.73. The lowest BCUT2D eigenvalue weighted by Gasteiger charge is -2.59.